The molecular formula is C28H32F2O2. The van der Waals surface area contributed by atoms with Gasteiger partial charge in [0.25, 0.3) is 0 Å². The van der Waals surface area contributed by atoms with Crippen LogP contribution in [0.15, 0.2) is 23.8 Å². The van der Waals surface area contributed by atoms with Gasteiger partial charge < -0.3 is 5.11 Å². The molecule has 170 valence electrons. The van der Waals surface area contributed by atoms with Gasteiger partial charge in [0.15, 0.2) is 5.78 Å². The van der Waals surface area contributed by atoms with Gasteiger partial charge in [0, 0.05) is 17.4 Å². The minimum Gasteiger partial charge on any atom is -0.377 e. The minimum atomic E-state index is -1.07. The Morgan fingerprint density at radius 3 is 2.50 bits per heavy atom. The van der Waals surface area contributed by atoms with Crippen molar-refractivity contribution in [3.8, 4) is 11.8 Å². The maximum atomic E-state index is 14.7. The zero-order valence-corrected chi connectivity index (χ0v) is 19.2. The van der Waals surface area contributed by atoms with Crippen LogP contribution in [0.4, 0.5) is 8.78 Å². The van der Waals surface area contributed by atoms with Crippen LogP contribution in [0.5, 0.6) is 0 Å². The molecule has 4 aliphatic carbocycles. The molecule has 0 spiro atoms. The lowest BCUT2D eigenvalue weighted by Gasteiger charge is -2.58. The van der Waals surface area contributed by atoms with Crippen LogP contribution in [0, 0.1) is 59.5 Å². The number of carbonyl (C=O) groups is 1. The van der Waals surface area contributed by atoms with Crippen LogP contribution >= 0.6 is 0 Å². The molecule has 0 heterocycles. The van der Waals surface area contributed by atoms with Gasteiger partial charge in [-0.15, -0.1) is 5.92 Å². The van der Waals surface area contributed by atoms with Crippen molar-refractivity contribution < 1.29 is 18.7 Å². The second-order valence-corrected chi connectivity index (χ2v) is 10.8. The van der Waals surface area contributed by atoms with Gasteiger partial charge in [-0.1, -0.05) is 18.4 Å². The van der Waals surface area contributed by atoms with E-state index >= 15 is 0 Å². The highest BCUT2D eigenvalue weighted by Gasteiger charge is 2.64. The maximum Gasteiger partial charge on any atom is 0.155 e. The van der Waals surface area contributed by atoms with E-state index in [4.69, 9.17) is 0 Å². The molecule has 0 bridgehead atoms. The molecule has 5 rings (SSSR count). The molecule has 3 fully saturated rings. The van der Waals surface area contributed by atoms with Crippen LogP contribution in [0.1, 0.15) is 75.8 Å². The van der Waals surface area contributed by atoms with Gasteiger partial charge in [0.2, 0.25) is 0 Å². The summed E-state index contributed by atoms with van der Waals surface area (Å²) in [5.41, 5.74) is 0.469. The number of hydrogen-bond acceptors (Lipinski definition) is 2. The average Bonchev–Trinajstić information content (AvgIpc) is 3.01. The van der Waals surface area contributed by atoms with Crippen LogP contribution in [0.25, 0.3) is 0 Å². The number of fused-ring (bicyclic) bond motifs is 5. The molecule has 4 heteroatoms. The van der Waals surface area contributed by atoms with E-state index in [0.29, 0.717) is 36.7 Å². The van der Waals surface area contributed by atoms with Gasteiger partial charge in [0.05, 0.1) is 0 Å². The van der Waals surface area contributed by atoms with E-state index in [0.717, 1.165) is 25.7 Å². The number of halogens is 2. The topological polar surface area (TPSA) is 37.3 Å². The quantitative estimate of drug-likeness (QED) is 0.558. The molecule has 1 N–H and O–H groups in total. The smallest absolute Gasteiger partial charge is 0.155 e. The van der Waals surface area contributed by atoms with Crippen LogP contribution in [0.2, 0.25) is 0 Å². The Bertz CT molecular complexity index is 1040. The largest absolute Gasteiger partial charge is 0.377 e. The van der Waals surface area contributed by atoms with Crippen molar-refractivity contribution >= 4 is 5.78 Å². The monoisotopic (exact) mass is 438 g/mol. The van der Waals surface area contributed by atoms with Crippen molar-refractivity contribution in [3.63, 3.8) is 0 Å². The second kappa shape index (κ2) is 7.52. The molecule has 7 atom stereocenters. The summed E-state index contributed by atoms with van der Waals surface area (Å²) in [4.78, 5) is 12.1. The molecular weight excluding hydrogens is 406 g/mol. The number of aliphatic hydroxyl groups is 1. The first-order valence-corrected chi connectivity index (χ1v) is 12.0. The molecule has 0 amide bonds. The summed E-state index contributed by atoms with van der Waals surface area (Å²) in [6.45, 7) is 5.38. The summed E-state index contributed by atoms with van der Waals surface area (Å²) < 4.78 is 29.3. The number of hydrogen-bond donors (Lipinski definition) is 1. The summed E-state index contributed by atoms with van der Waals surface area (Å²) >= 11 is 0. The molecule has 2 nitrogen and oxygen atoms in total. The van der Waals surface area contributed by atoms with Crippen molar-refractivity contribution in [2.45, 2.75) is 77.2 Å². The predicted molar refractivity (Wildman–Crippen MR) is 120 cm³/mol. The van der Waals surface area contributed by atoms with Crippen LogP contribution in [-0.2, 0) is 4.79 Å². The second-order valence-electron chi connectivity index (χ2n) is 10.8. The van der Waals surface area contributed by atoms with Gasteiger partial charge >= 0.3 is 0 Å². The highest BCUT2D eigenvalue weighted by Crippen LogP contribution is 2.68. The third-order valence-corrected chi connectivity index (χ3v) is 9.52. The first-order valence-electron chi connectivity index (χ1n) is 12.0. The number of carbonyl (C=O) groups excluding carboxylic acids is 1. The molecule has 0 aliphatic heterocycles. The molecule has 1 aromatic rings. The fraction of sp³-hybridized carbons (Fsp3) is 0.607. The first-order chi connectivity index (χ1) is 15.2. The maximum absolute atomic E-state index is 14.7. The summed E-state index contributed by atoms with van der Waals surface area (Å²) in [7, 11) is 0. The Balaban J connectivity index is 1.66. The SMILES string of the molecule is CC#C[C@]1(O)CC[C@H]2[C@@H]3CCC4=CC(=O)CC[C@@H]4[C@H]3[C@@H](c3cc(F)c(C)c(F)c3)C[C@@]21C. The molecule has 4 aliphatic rings. The Hall–Kier alpha value is -1.99. The molecule has 3 saturated carbocycles. The van der Waals surface area contributed by atoms with Gasteiger partial charge in [-0.3, -0.25) is 4.79 Å². The van der Waals surface area contributed by atoms with E-state index in [1.165, 1.54) is 24.6 Å². The van der Waals surface area contributed by atoms with Crippen molar-refractivity contribution in [2.75, 3.05) is 0 Å². The summed E-state index contributed by atoms with van der Waals surface area (Å²) in [5.74, 6) is 6.37. The van der Waals surface area contributed by atoms with Gasteiger partial charge in [-0.2, -0.15) is 0 Å². The minimum absolute atomic E-state index is 0.0481. The lowest BCUT2D eigenvalue weighted by molar-refractivity contribution is -0.117. The number of rotatable bonds is 1. The van der Waals surface area contributed by atoms with Gasteiger partial charge in [0.1, 0.15) is 17.2 Å². The van der Waals surface area contributed by atoms with E-state index in [2.05, 4.69) is 18.8 Å². The summed E-state index contributed by atoms with van der Waals surface area (Å²) in [5, 5.41) is 11.6. The van der Waals surface area contributed by atoms with E-state index in [1.54, 1.807) is 6.92 Å². The molecule has 0 aromatic heterocycles. The highest BCUT2D eigenvalue weighted by atomic mass is 19.1. The lowest BCUT2D eigenvalue weighted by Crippen LogP contribution is -2.54. The fourth-order valence-corrected chi connectivity index (χ4v) is 7.94. The van der Waals surface area contributed by atoms with Crippen LogP contribution in [0.3, 0.4) is 0 Å². The molecule has 0 unspecified atom stereocenters. The normalized spacial score (nSPS) is 40.5. The Morgan fingerprint density at radius 2 is 1.81 bits per heavy atom. The fourth-order valence-electron chi connectivity index (χ4n) is 7.94. The summed E-state index contributed by atoms with van der Waals surface area (Å²) in [6.07, 6.45) is 7.32. The van der Waals surface area contributed by atoms with Crippen LogP contribution < -0.4 is 0 Å². The van der Waals surface area contributed by atoms with Crippen molar-refractivity contribution in [1.82, 2.24) is 0 Å². The number of allylic oxidation sites excluding steroid dienone is 1. The zero-order valence-electron chi connectivity index (χ0n) is 19.2. The standard InChI is InChI=1S/C28H32F2O2/c1-4-10-28(32)11-9-23-21-7-5-17-12-19(31)6-8-20(17)26(21)22(15-27(23,28)3)18-13-24(29)16(2)25(30)14-18/h12-14,20-23,26,32H,5-9,11,15H2,1-3H3/t20-,21-,22+,23-,26+,27-,28-/m0/s1. The van der Waals surface area contributed by atoms with E-state index in [1.807, 2.05) is 6.08 Å². The molecule has 0 saturated heterocycles. The zero-order chi connectivity index (χ0) is 22.8. The number of ketones is 1. The molecule has 32 heavy (non-hydrogen) atoms. The molecule has 0 radical (unpaired) electrons. The Morgan fingerprint density at radius 1 is 1.09 bits per heavy atom. The Labute approximate surface area is 189 Å². The third kappa shape index (κ3) is 3.04. The highest BCUT2D eigenvalue weighted by molar-refractivity contribution is 5.91. The van der Waals surface area contributed by atoms with Crippen molar-refractivity contribution in [1.29, 1.82) is 0 Å². The van der Waals surface area contributed by atoms with E-state index in [9.17, 15) is 18.7 Å². The van der Waals surface area contributed by atoms with Crippen LogP contribution in [-0.4, -0.2) is 16.5 Å². The van der Waals surface area contributed by atoms with Gasteiger partial charge in [-0.05, 0) is 106 Å². The predicted octanol–water partition coefficient (Wildman–Crippen LogP) is 5.86. The summed E-state index contributed by atoms with van der Waals surface area (Å²) in [6, 6.07) is 3.02. The van der Waals surface area contributed by atoms with E-state index in [-0.39, 0.29) is 29.1 Å². The van der Waals surface area contributed by atoms with E-state index < -0.39 is 22.7 Å². The third-order valence-electron chi connectivity index (χ3n) is 9.52. The van der Waals surface area contributed by atoms with Crippen molar-refractivity contribution in [2.24, 2.45) is 29.1 Å². The lowest BCUT2D eigenvalue weighted by atomic mass is 9.46. The van der Waals surface area contributed by atoms with Crippen molar-refractivity contribution in [3.05, 3.63) is 46.5 Å². The number of benzene rings is 1. The average molecular weight is 439 g/mol. The van der Waals surface area contributed by atoms with Gasteiger partial charge in [-0.25, -0.2) is 8.78 Å². The Kier molecular flexibility index (Phi) is 5.13. The first kappa shape index (κ1) is 21.8. The molecule has 1 aromatic carbocycles.